The van der Waals surface area contributed by atoms with Gasteiger partial charge in [0.15, 0.2) is 0 Å². The van der Waals surface area contributed by atoms with Crippen molar-refractivity contribution >= 4 is 0 Å². The van der Waals surface area contributed by atoms with Gasteiger partial charge in [-0.3, -0.25) is 0 Å². The summed E-state index contributed by atoms with van der Waals surface area (Å²) in [6, 6.07) is 0. The van der Waals surface area contributed by atoms with Gasteiger partial charge in [-0.25, -0.2) is 0 Å². The second-order valence-electron chi connectivity index (χ2n) is 2.73. The van der Waals surface area contributed by atoms with Crippen LogP contribution in [-0.4, -0.2) is 12.7 Å². The molecule has 0 N–H and O–H groups in total. The van der Waals surface area contributed by atoms with Crippen LogP contribution in [0.1, 0.15) is 27.7 Å². The van der Waals surface area contributed by atoms with E-state index in [2.05, 4.69) is 0 Å². The molecule has 0 amide bonds. The molecule has 2 atom stereocenters. The molecule has 0 aliphatic carbocycles. The fourth-order valence-corrected chi connectivity index (χ4v) is 0.957. The summed E-state index contributed by atoms with van der Waals surface area (Å²) in [5, 5.41) is 0. The van der Waals surface area contributed by atoms with Gasteiger partial charge in [-0.2, -0.15) is 0 Å². The number of ether oxygens (including phenoxy) is 1. The van der Waals surface area contributed by atoms with Crippen LogP contribution in [0.25, 0.3) is 0 Å². The van der Waals surface area contributed by atoms with E-state index < -0.39 is 0 Å². The topological polar surface area (TPSA) is 9.23 Å². The Kier molecular flexibility index (Phi) is 8.58. The van der Waals surface area contributed by atoms with Crippen LogP contribution in [0.3, 0.4) is 0 Å². The Morgan fingerprint density at radius 3 is 2.36 bits per heavy atom. The van der Waals surface area contributed by atoms with E-state index in [-0.39, 0.29) is 52.4 Å². The molecule has 1 aliphatic rings. The minimum absolute atomic E-state index is 0. The van der Waals surface area contributed by atoms with Gasteiger partial charge in [-0.05, 0) is 12.0 Å². The van der Waals surface area contributed by atoms with E-state index in [0.717, 1.165) is 0 Å². The molecular weight excluding hydrogens is 220 g/mol. The van der Waals surface area contributed by atoms with Gasteiger partial charge in [0, 0.05) is 39.3 Å². The molecule has 1 nitrogen and oxygen atoms in total. The zero-order valence-electron chi connectivity index (χ0n) is 6.43. The summed E-state index contributed by atoms with van der Waals surface area (Å²) in [4.78, 5) is 0. The van der Waals surface area contributed by atoms with E-state index in [1.165, 1.54) is 0 Å². The molecule has 0 saturated carbocycles. The average Bonchev–Trinajstić information content (AvgIpc) is 1.80. The van der Waals surface area contributed by atoms with Crippen molar-refractivity contribution in [2.45, 2.75) is 33.8 Å². The molecule has 0 aromatic rings. The molecule has 1 radical (unpaired) electrons. The summed E-state index contributed by atoms with van der Waals surface area (Å²) in [5.74, 6) is 0.362. The maximum Gasteiger partial charge on any atom is 0.0437 e. The first-order valence-electron chi connectivity index (χ1n) is 3.33. The first kappa shape index (κ1) is 14.5. The van der Waals surface area contributed by atoms with Gasteiger partial charge in [0.2, 0.25) is 0 Å². The van der Waals surface area contributed by atoms with Crippen molar-refractivity contribution < 1.29 is 41.8 Å². The zero-order valence-corrected chi connectivity index (χ0v) is 9.27. The molecule has 1 fully saturated rings. The summed E-state index contributed by atoms with van der Waals surface area (Å²) in [6.45, 7) is 4.45. The fourth-order valence-electron chi connectivity index (χ4n) is 0.957. The molecule has 65 valence electrons. The molecule has 0 aromatic heterocycles. The van der Waals surface area contributed by atoms with E-state index in [1.54, 1.807) is 6.92 Å². The molecule has 1 rings (SSSR count). The standard InChI is InChI=1S/C7H12FO.CH4.Y/c1-5-3-7(8)6(2)9-4-5;;/h5-6H,3-4H2,1-2H3;1H4;/q-1;;. The Hall–Kier alpha value is 0.994. The van der Waals surface area contributed by atoms with Crippen molar-refractivity contribution in [3.8, 4) is 0 Å². The summed E-state index contributed by atoms with van der Waals surface area (Å²) in [5.41, 5.74) is 0. The van der Waals surface area contributed by atoms with Crippen molar-refractivity contribution in [3.05, 3.63) is 6.17 Å². The van der Waals surface area contributed by atoms with E-state index >= 15 is 0 Å². The van der Waals surface area contributed by atoms with Crippen LogP contribution in [-0.2, 0) is 37.4 Å². The SMILES string of the molecule is C.CC1COC(C)[C-](F)C1.[Y]. The Morgan fingerprint density at radius 1 is 1.45 bits per heavy atom. The minimum atomic E-state index is -0.263. The van der Waals surface area contributed by atoms with E-state index in [1.807, 2.05) is 6.92 Å². The molecule has 0 bridgehead atoms. The predicted molar refractivity (Wildman–Crippen MR) is 40.3 cm³/mol. The second kappa shape index (κ2) is 6.50. The molecule has 2 unspecified atom stereocenters. The molecule has 11 heavy (non-hydrogen) atoms. The minimum Gasteiger partial charge on any atom is -0.454 e. The van der Waals surface area contributed by atoms with Crippen LogP contribution >= 0.6 is 0 Å². The zero-order chi connectivity index (χ0) is 6.85. The van der Waals surface area contributed by atoms with Gasteiger partial charge in [0.05, 0.1) is 0 Å². The number of halogens is 1. The number of rotatable bonds is 0. The molecule has 1 heterocycles. The quantitative estimate of drug-likeness (QED) is 0.587. The van der Waals surface area contributed by atoms with Crippen molar-refractivity contribution in [2.24, 2.45) is 5.92 Å². The van der Waals surface area contributed by atoms with Gasteiger partial charge >= 0.3 is 0 Å². The fraction of sp³-hybridized carbons (Fsp3) is 0.875. The van der Waals surface area contributed by atoms with Crippen LogP contribution in [0, 0.1) is 12.1 Å². The van der Waals surface area contributed by atoms with Gasteiger partial charge in [-0.15, -0.1) is 12.6 Å². The average molecular weight is 236 g/mol. The van der Waals surface area contributed by atoms with Gasteiger partial charge < -0.3 is 9.13 Å². The Morgan fingerprint density at radius 2 is 2.00 bits per heavy atom. The Labute approximate surface area is 94.0 Å². The Bertz CT molecular complexity index is 100. The molecule has 1 saturated heterocycles. The molecule has 0 aromatic carbocycles. The van der Waals surface area contributed by atoms with Crippen molar-refractivity contribution in [1.29, 1.82) is 0 Å². The second-order valence-corrected chi connectivity index (χ2v) is 2.73. The van der Waals surface area contributed by atoms with Crippen LogP contribution in [0.4, 0.5) is 4.39 Å². The first-order valence-corrected chi connectivity index (χ1v) is 3.33. The summed E-state index contributed by atoms with van der Waals surface area (Å²) < 4.78 is 17.7. The third kappa shape index (κ3) is 4.54. The van der Waals surface area contributed by atoms with Gasteiger partial charge in [0.25, 0.3) is 0 Å². The summed E-state index contributed by atoms with van der Waals surface area (Å²) in [7, 11) is 0. The normalized spacial score (nSPS) is 31.9. The summed E-state index contributed by atoms with van der Waals surface area (Å²) >= 11 is 0. The van der Waals surface area contributed by atoms with Crippen molar-refractivity contribution in [3.63, 3.8) is 0 Å². The summed E-state index contributed by atoms with van der Waals surface area (Å²) in [6.07, 6.45) is 0.316. The van der Waals surface area contributed by atoms with E-state index in [4.69, 9.17) is 4.74 Å². The monoisotopic (exact) mass is 236 g/mol. The maximum absolute atomic E-state index is 12.6. The largest absolute Gasteiger partial charge is 0.454 e. The predicted octanol–water partition coefficient (Wildman–Crippen LogP) is 2.57. The van der Waals surface area contributed by atoms with Crippen LogP contribution < -0.4 is 0 Å². The maximum atomic E-state index is 12.6. The molecule has 1 aliphatic heterocycles. The third-order valence-corrected chi connectivity index (χ3v) is 1.62. The number of hydrogen-bond acceptors (Lipinski definition) is 1. The molecular formula is C8H16FOY-. The van der Waals surface area contributed by atoms with Gasteiger partial charge in [-0.1, -0.05) is 21.3 Å². The van der Waals surface area contributed by atoms with Gasteiger partial charge in [0.1, 0.15) is 0 Å². The smallest absolute Gasteiger partial charge is 0.0437 e. The van der Waals surface area contributed by atoms with Crippen LogP contribution in [0.2, 0.25) is 0 Å². The molecule has 3 heteroatoms. The van der Waals surface area contributed by atoms with E-state index in [0.29, 0.717) is 18.9 Å². The third-order valence-electron chi connectivity index (χ3n) is 1.62. The van der Waals surface area contributed by atoms with Crippen molar-refractivity contribution in [1.82, 2.24) is 0 Å². The Balaban J connectivity index is 0. The van der Waals surface area contributed by atoms with E-state index in [9.17, 15) is 4.39 Å². The van der Waals surface area contributed by atoms with Crippen LogP contribution in [0.15, 0.2) is 0 Å². The molecule has 0 spiro atoms. The first-order chi connectivity index (χ1) is 4.20. The van der Waals surface area contributed by atoms with Crippen molar-refractivity contribution in [2.75, 3.05) is 6.61 Å². The number of hydrogen-bond donors (Lipinski definition) is 0. The van der Waals surface area contributed by atoms with Crippen LogP contribution in [0.5, 0.6) is 0 Å².